The van der Waals surface area contributed by atoms with Crippen LogP contribution in [-0.4, -0.2) is 25.1 Å². The Bertz CT molecular complexity index is 829. The number of hydrogen-bond acceptors (Lipinski definition) is 3. The highest BCUT2D eigenvalue weighted by atomic mass is 19.3. The summed E-state index contributed by atoms with van der Waals surface area (Å²) in [5.74, 6) is -1.60. The first-order valence-electron chi connectivity index (χ1n) is 10.6. The third kappa shape index (κ3) is 4.55. The maximum absolute atomic E-state index is 13.1. The summed E-state index contributed by atoms with van der Waals surface area (Å²) in [6.07, 6.45) is 4.41. The zero-order valence-electron chi connectivity index (χ0n) is 17.2. The van der Waals surface area contributed by atoms with Crippen molar-refractivity contribution >= 4 is 5.69 Å². The van der Waals surface area contributed by atoms with E-state index in [1.165, 1.54) is 29.5 Å². The van der Waals surface area contributed by atoms with Crippen LogP contribution < -0.4 is 15.4 Å². The maximum Gasteiger partial charge on any atom is 0.252 e. The Balaban J connectivity index is 1.53. The summed E-state index contributed by atoms with van der Waals surface area (Å²) in [6, 6.07) is 15.0. The average molecular weight is 401 g/mol. The number of benzene rings is 2. The highest BCUT2D eigenvalue weighted by Crippen LogP contribution is 2.39. The fraction of sp³-hybridized carbons (Fsp3) is 0.500. The molecule has 4 rings (SSSR count). The standard InChI is InChI=1S/C24H30F2N2O/c1-3-4-5-19-12-17-13-21(29-2)10-11-22(17)23(28-19)16-6-8-18(9-7-16)27-20-14-24(25,26)15-20/h6-11,13,19-20,23,27-28H,3-5,12,14-15H2,1-2H3/t19-,23+/m0/s1. The second-order valence-corrected chi connectivity index (χ2v) is 8.44. The van der Waals surface area contributed by atoms with Gasteiger partial charge in [0.2, 0.25) is 0 Å². The Kier molecular flexibility index (Phi) is 5.77. The molecule has 0 unspecified atom stereocenters. The van der Waals surface area contributed by atoms with E-state index in [0.29, 0.717) is 6.04 Å². The molecule has 2 aromatic rings. The largest absolute Gasteiger partial charge is 0.497 e. The van der Waals surface area contributed by atoms with Crippen LogP contribution in [0.4, 0.5) is 14.5 Å². The molecule has 5 heteroatoms. The molecule has 2 N–H and O–H groups in total. The van der Waals surface area contributed by atoms with Crippen molar-refractivity contribution in [3.8, 4) is 5.75 Å². The first kappa shape index (κ1) is 20.1. The Morgan fingerprint density at radius 2 is 1.90 bits per heavy atom. The van der Waals surface area contributed by atoms with Gasteiger partial charge in [-0.05, 0) is 53.8 Å². The van der Waals surface area contributed by atoms with Crippen molar-refractivity contribution in [3.05, 3.63) is 59.2 Å². The van der Waals surface area contributed by atoms with Crippen LogP contribution in [0.1, 0.15) is 61.8 Å². The third-order valence-corrected chi connectivity index (χ3v) is 6.14. The number of fused-ring (bicyclic) bond motifs is 1. The van der Waals surface area contributed by atoms with Gasteiger partial charge in [-0.25, -0.2) is 8.78 Å². The molecule has 3 nitrogen and oxygen atoms in total. The molecule has 2 aromatic carbocycles. The minimum absolute atomic E-state index is 0.0761. The van der Waals surface area contributed by atoms with Gasteiger partial charge >= 0.3 is 0 Å². The Morgan fingerprint density at radius 3 is 2.55 bits per heavy atom. The van der Waals surface area contributed by atoms with Gasteiger partial charge in [-0.2, -0.15) is 0 Å². The number of ether oxygens (including phenoxy) is 1. The summed E-state index contributed by atoms with van der Waals surface area (Å²) in [5, 5.41) is 7.05. The number of unbranched alkanes of at least 4 members (excludes halogenated alkanes) is 1. The van der Waals surface area contributed by atoms with Gasteiger partial charge < -0.3 is 15.4 Å². The number of anilines is 1. The lowest BCUT2D eigenvalue weighted by Crippen LogP contribution is -2.44. The smallest absolute Gasteiger partial charge is 0.252 e. The number of nitrogens with one attached hydrogen (secondary N) is 2. The van der Waals surface area contributed by atoms with Crippen molar-refractivity contribution in [2.24, 2.45) is 0 Å². The maximum atomic E-state index is 13.1. The number of halogens is 2. The molecule has 1 fully saturated rings. The Morgan fingerprint density at radius 1 is 1.14 bits per heavy atom. The summed E-state index contributed by atoms with van der Waals surface area (Å²) < 4.78 is 31.6. The van der Waals surface area contributed by atoms with Crippen molar-refractivity contribution in [2.45, 2.75) is 69.5 Å². The van der Waals surface area contributed by atoms with Gasteiger partial charge in [0.25, 0.3) is 5.92 Å². The van der Waals surface area contributed by atoms with Crippen molar-refractivity contribution in [2.75, 3.05) is 12.4 Å². The van der Waals surface area contributed by atoms with Gasteiger partial charge in [0.15, 0.2) is 0 Å². The predicted octanol–water partition coefficient (Wildman–Crippen LogP) is 5.70. The number of rotatable bonds is 7. The van der Waals surface area contributed by atoms with Gasteiger partial charge in [-0.3, -0.25) is 0 Å². The van der Waals surface area contributed by atoms with E-state index in [-0.39, 0.29) is 24.9 Å². The highest BCUT2D eigenvalue weighted by molar-refractivity contribution is 5.50. The summed E-state index contributed by atoms with van der Waals surface area (Å²) in [7, 11) is 1.71. The molecule has 1 saturated carbocycles. The van der Waals surface area contributed by atoms with Crippen LogP contribution in [-0.2, 0) is 6.42 Å². The molecule has 2 atom stereocenters. The lowest BCUT2D eigenvalue weighted by Gasteiger charge is -2.36. The van der Waals surface area contributed by atoms with E-state index in [1.54, 1.807) is 7.11 Å². The van der Waals surface area contributed by atoms with Gasteiger partial charge in [0, 0.05) is 30.6 Å². The second kappa shape index (κ2) is 8.31. The molecule has 0 amide bonds. The average Bonchev–Trinajstić information content (AvgIpc) is 2.70. The second-order valence-electron chi connectivity index (χ2n) is 8.44. The molecule has 29 heavy (non-hydrogen) atoms. The van der Waals surface area contributed by atoms with Gasteiger partial charge in [0.1, 0.15) is 5.75 Å². The molecule has 0 bridgehead atoms. The molecule has 2 aliphatic rings. The number of alkyl halides is 2. The first-order valence-corrected chi connectivity index (χ1v) is 10.6. The van der Waals surface area contributed by atoms with Gasteiger partial charge in [-0.1, -0.05) is 38.0 Å². The molecule has 1 heterocycles. The van der Waals surface area contributed by atoms with Crippen LogP contribution in [0.5, 0.6) is 5.75 Å². The minimum atomic E-state index is -2.50. The molecule has 0 aromatic heterocycles. The molecular formula is C24H30F2N2O. The van der Waals surface area contributed by atoms with E-state index in [1.807, 2.05) is 18.2 Å². The molecule has 1 aliphatic heterocycles. The molecular weight excluding hydrogens is 370 g/mol. The van der Waals surface area contributed by atoms with Crippen molar-refractivity contribution in [1.29, 1.82) is 0 Å². The van der Waals surface area contributed by atoms with Crippen molar-refractivity contribution in [3.63, 3.8) is 0 Å². The molecule has 0 radical (unpaired) electrons. The highest BCUT2D eigenvalue weighted by Gasteiger charge is 2.45. The van der Waals surface area contributed by atoms with Crippen LogP contribution >= 0.6 is 0 Å². The van der Waals surface area contributed by atoms with E-state index in [4.69, 9.17) is 4.74 Å². The predicted molar refractivity (Wildman–Crippen MR) is 113 cm³/mol. The number of methoxy groups -OCH3 is 1. The molecule has 156 valence electrons. The number of hydrogen-bond donors (Lipinski definition) is 2. The quantitative estimate of drug-likeness (QED) is 0.626. The van der Waals surface area contributed by atoms with Crippen LogP contribution in [0.2, 0.25) is 0 Å². The lowest BCUT2D eigenvalue weighted by atomic mass is 9.85. The Labute approximate surface area is 171 Å². The van der Waals surface area contributed by atoms with Crippen molar-refractivity contribution < 1.29 is 13.5 Å². The van der Waals surface area contributed by atoms with Crippen molar-refractivity contribution in [1.82, 2.24) is 5.32 Å². The Hall–Kier alpha value is -2.14. The fourth-order valence-corrected chi connectivity index (χ4v) is 4.50. The van der Waals surface area contributed by atoms with E-state index >= 15 is 0 Å². The van der Waals surface area contributed by atoms with Crippen LogP contribution in [0.3, 0.4) is 0 Å². The molecule has 1 aliphatic carbocycles. The summed E-state index contributed by atoms with van der Waals surface area (Å²) in [5.41, 5.74) is 4.73. The summed E-state index contributed by atoms with van der Waals surface area (Å²) >= 11 is 0. The topological polar surface area (TPSA) is 33.3 Å². The third-order valence-electron chi connectivity index (χ3n) is 6.14. The van der Waals surface area contributed by atoms with E-state index < -0.39 is 5.92 Å². The fourth-order valence-electron chi connectivity index (χ4n) is 4.50. The zero-order valence-corrected chi connectivity index (χ0v) is 17.2. The first-order chi connectivity index (χ1) is 14.0. The summed E-state index contributed by atoms with van der Waals surface area (Å²) in [4.78, 5) is 0. The summed E-state index contributed by atoms with van der Waals surface area (Å²) in [6.45, 7) is 2.22. The van der Waals surface area contributed by atoms with Crippen LogP contribution in [0.25, 0.3) is 0 Å². The van der Waals surface area contributed by atoms with Crippen LogP contribution in [0, 0.1) is 0 Å². The monoisotopic (exact) mass is 400 g/mol. The normalized spacial score (nSPS) is 23.2. The van der Waals surface area contributed by atoms with Gasteiger partial charge in [0.05, 0.1) is 13.2 Å². The van der Waals surface area contributed by atoms with E-state index in [2.05, 4.69) is 41.8 Å². The minimum Gasteiger partial charge on any atom is -0.497 e. The van der Waals surface area contributed by atoms with Crippen LogP contribution in [0.15, 0.2) is 42.5 Å². The molecule has 0 spiro atoms. The van der Waals surface area contributed by atoms with E-state index in [9.17, 15) is 8.78 Å². The lowest BCUT2D eigenvalue weighted by molar-refractivity contribution is -0.0793. The van der Waals surface area contributed by atoms with Gasteiger partial charge in [-0.15, -0.1) is 0 Å². The zero-order chi connectivity index (χ0) is 20.4. The SMILES string of the molecule is CCCC[C@H]1Cc2cc(OC)ccc2[C@@H](c2ccc(NC3CC(F)(F)C3)cc2)N1. The van der Waals surface area contributed by atoms with E-state index in [0.717, 1.165) is 24.3 Å². The molecule has 0 saturated heterocycles.